The average molecular weight is 374 g/mol. The molecular weight excluding hydrogens is 359 g/mol. The van der Waals surface area contributed by atoms with E-state index in [0.29, 0.717) is 11.1 Å². The van der Waals surface area contributed by atoms with Gasteiger partial charge in [-0.25, -0.2) is 12.8 Å². The van der Waals surface area contributed by atoms with Gasteiger partial charge in [-0.2, -0.15) is 0 Å². The van der Waals surface area contributed by atoms with E-state index in [4.69, 9.17) is 5.73 Å². The van der Waals surface area contributed by atoms with Crippen molar-refractivity contribution in [3.8, 4) is 0 Å². The predicted octanol–water partition coefficient (Wildman–Crippen LogP) is 2.32. The second-order valence-corrected chi connectivity index (χ2v) is 7.82. The van der Waals surface area contributed by atoms with E-state index < -0.39 is 21.6 Å². The first kappa shape index (κ1) is 17.7. The van der Waals surface area contributed by atoms with Crippen molar-refractivity contribution in [3.63, 3.8) is 0 Å². The Labute approximate surface area is 149 Å². The van der Waals surface area contributed by atoms with Gasteiger partial charge < -0.3 is 11.1 Å². The number of hydrogen-bond donors (Lipinski definition) is 2. The predicted molar refractivity (Wildman–Crippen MR) is 95.6 cm³/mol. The Kier molecular flexibility index (Phi) is 4.33. The maximum absolute atomic E-state index is 14.4. The van der Waals surface area contributed by atoms with Gasteiger partial charge in [0.25, 0.3) is 5.91 Å². The molecule has 3 aromatic rings. The molecule has 0 atom stereocenters. The lowest BCUT2D eigenvalue weighted by Crippen LogP contribution is -2.17. The molecule has 0 aliphatic heterocycles. The maximum Gasteiger partial charge on any atom is 0.271 e. The number of aryl methyl sites for hydroxylation is 1. The fourth-order valence-electron chi connectivity index (χ4n) is 2.49. The molecule has 0 fully saturated rings. The summed E-state index contributed by atoms with van der Waals surface area (Å²) in [5.74, 6) is -1.38. The van der Waals surface area contributed by atoms with Gasteiger partial charge in [-0.05, 0) is 36.8 Å². The van der Waals surface area contributed by atoms with Gasteiger partial charge in [-0.1, -0.05) is 12.1 Å². The number of halogens is 1. The van der Waals surface area contributed by atoms with Crippen molar-refractivity contribution in [1.82, 2.24) is 10.2 Å². The Morgan fingerprint density at radius 3 is 2.58 bits per heavy atom. The summed E-state index contributed by atoms with van der Waals surface area (Å²) in [6.07, 6.45) is 1.06. The number of hydrogen-bond acceptors (Lipinski definition) is 6. The van der Waals surface area contributed by atoms with Gasteiger partial charge in [0.2, 0.25) is 0 Å². The third-order valence-corrected chi connectivity index (χ3v) is 4.96. The Morgan fingerprint density at radius 2 is 1.92 bits per heavy atom. The monoisotopic (exact) mass is 374 g/mol. The molecule has 1 amide bonds. The van der Waals surface area contributed by atoms with E-state index in [1.165, 1.54) is 24.3 Å². The van der Waals surface area contributed by atoms with E-state index in [9.17, 15) is 17.6 Å². The number of aromatic nitrogens is 2. The fourth-order valence-corrected chi connectivity index (χ4v) is 3.14. The Hall–Kier alpha value is -3.07. The van der Waals surface area contributed by atoms with Gasteiger partial charge >= 0.3 is 0 Å². The van der Waals surface area contributed by atoms with Crippen molar-refractivity contribution in [2.75, 3.05) is 11.6 Å². The van der Waals surface area contributed by atoms with E-state index in [1.807, 2.05) is 0 Å². The lowest BCUT2D eigenvalue weighted by atomic mass is 10.1. The SMILES string of the molecule is Cc1cccc(Nc2c(C(N)=O)nnc3ccc(S(C)(=O)=O)cc23)c1F. The second kappa shape index (κ2) is 6.34. The quantitative estimate of drug-likeness (QED) is 0.724. The van der Waals surface area contributed by atoms with Crippen molar-refractivity contribution < 1.29 is 17.6 Å². The second-order valence-electron chi connectivity index (χ2n) is 5.80. The smallest absolute Gasteiger partial charge is 0.271 e. The van der Waals surface area contributed by atoms with Crippen molar-refractivity contribution >= 4 is 38.0 Å². The maximum atomic E-state index is 14.4. The third-order valence-electron chi connectivity index (χ3n) is 3.84. The summed E-state index contributed by atoms with van der Waals surface area (Å²) < 4.78 is 38.1. The van der Waals surface area contributed by atoms with Gasteiger partial charge in [0, 0.05) is 11.6 Å². The lowest BCUT2D eigenvalue weighted by Gasteiger charge is -2.14. The molecule has 0 saturated carbocycles. The normalized spacial score (nSPS) is 11.5. The van der Waals surface area contributed by atoms with Crippen LogP contribution >= 0.6 is 0 Å². The van der Waals surface area contributed by atoms with E-state index in [1.54, 1.807) is 19.1 Å². The van der Waals surface area contributed by atoms with Crippen LogP contribution in [-0.4, -0.2) is 30.8 Å². The molecule has 0 bridgehead atoms. The molecular formula is C17H15FN4O3S. The van der Waals surface area contributed by atoms with Crippen LogP contribution in [0.5, 0.6) is 0 Å². The number of primary amides is 1. The molecule has 0 unspecified atom stereocenters. The zero-order chi connectivity index (χ0) is 19.1. The summed E-state index contributed by atoms with van der Waals surface area (Å²) >= 11 is 0. The zero-order valence-electron chi connectivity index (χ0n) is 13.9. The zero-order valence-corrected chi connectivity index (χ0v) is 14.8. The van der Waals surface area contributed by atoms with Gasteiger partial charge in [0.05, 0.1) is 21.8 Å². The van der Waals surface area contributed by atoms with Gasteiger partial charge in [-0.15, -0.1) is 10.2 Å². The summed E-state index contributed by atoms with van der Waals surface area (Å²) in [5, 5.41) is 10.8. The molecule has 0 saturated heterocycles. The topological polar surface area (TPSA) is 115 Å². The molecule has 2 aromatic carbocycles. The number of fused-ring (bicyclic) bond motifs is 1. The van der Waals surface area contributed by atoms with Crippen LogP contribution < -0.4 is 11.1 Å². The standard InChI is InChI=1S/C17H15FN4O3S/c1-9-4-3-5-13(14(9)18)20-15-11-8-10(26(2,24)25)6-7-12(11)21-22-16(15)17(19)23/h3-8H,1-2H3,(H2,19,23)(H,20,21). The summed E-state index contributed by atoms with van der Waals surface area (Å²) in [4.78, 5) is 11.8. The van der Waals surface area contributed by atoms with E-state index in [0.717, 1.165) is 6.26 Å². The summed E-state index contributed by atoms with van der Waals surface area (Å²) in [7, 11) is -3.50. The van der Waals surface area contributed by atoms with Crippen LogP contribution in [0.15, 0.2) is 41.3 Å². The van der Waals surface area contributed by atoms with Crippen molar-refractivity contribution in [2.24, 2.45) is 5.73 Å². The largest absolute Gasteiger partial charge is 0.364 e. The number of amides is 1. The molecule has 1 heterocycles. The van der Waals surface area contributed by atoms with Crippen molar-refractivity contribution in [3.05, 3.63) is 53.5 Å². The van der Waals surface area contributed by atoms with Crippen LogP contribution in [0.3, 0.4) is 0 Å². The summed E-state index contributed by atoms with van der Waals surface area (Å²) in [6.45, 7) is 1.60. The number of carbonyl (C=O) groups is 1. The molecule has 0 radical (unpaired) electrons. The van der Waals surface area contributed by atoms with Gasteiger partial charge in [0.1, 0.15) is 5.82 Å². The number of benzene rings is 2. The average Bonchev–Trinajstić information content (AvgIpc) is 2.57. The molecule has 7 nitrogen and oxygen atoms in total. The highest BCUT2D eigenvalue weighted by Gasteiger charge is 2.19. The molecule has 0 aliphatic carbocycles. The Balaban J connectivity index is 2.30. The van der Waals surface area contributed by atoms with Gasteiger partial charge in [0.15, 0.2) is 15.5 Å². The molecule has 134 valence electrons. The summed E-state index contributed by atoms with van der Waals surface area (Å²) in [5.41, 5.74) is 6.07. The first-order chi connectivity index (χ1) is 12.2. The fraction of sp³-hybridized carbons (Fsp3) is 0.118. The van der Waals surface area contributed by atoms with Crippen LogP contribution in [0.25, 0.3) is 10.9 Å². The highest BCUT2D eigenvalue weighted by molar-refractivity contribution is 7.90. The van der Waals surface area contributed by atoms with Crippen LogP contribution in [0.2, 0.25) is 0 Å². The highest BCUT2D eigenvalue weighted by Crippen LogP contribution is 2.31. The Bertz CT molecular complexity index is 1150. The minimum Gasteiger partial charge on any atom is -0.364 e. The van der Waals surface area contributed by atoms with Gasteiger partial charge in [-0.3, -0.25) is 4.79 Å². The minimum absolute atomic E-state index is 0.0289. The number of nitrogens with one attached hydrogen (secondary N) is 1. The van der Waals surface area contributed by atoms with E-state index in [2.05, 4.69) is 15.5 Å². The number of rotatable bonds is 4. The summed E-state index contributed by atoms with van der Waals surface area (Å²) in [6, 6.07) is 8.92. The van der Waals surface area contributed by atoms with Crippen LogP contribution in [-0.2, 0) is 9.84 Å². The Morgan fingerprint density at radius 1 is 1.19 bits per heavy atom. The van der Waals surface area contributed by atoms with Crippen LogP contribution in [0.1, 0.15) is 16.1 Å². The number of sulfone groups is 1. The van der Waals surface area contributed by atoms with Crippen molar-refractivity contribution in [1.29, 1.82) is 0 Å². The molecule has 0 aliphatic rings. The van der Waals surface area contributed by atoms with E-state index in [-0.39, 0.29) is 27.4 Å². The van der Waals surface area contributed by atoms with E-state index >= 15 is 0 Å². The van der Waals surface area contributed by atoms with Crippen molar-refractivity contribution in [2.45, 2.75) is 11.8 Å². The third kappa shape index (κ3) is 3.21. The molecule has 9 heteroatoms. The molecule has 1 aromatic heterocycles. The number of nitrogens with two attached hydrogens (primary N) is 1. The molecule has 3 N–H and O–H groups in total. The molecule has 0 spiro atoms. The first-order valence-electron chi connectivity index (χ1n) is 7.51. The number of nitrogens with zero attached hydrogens (tertiary/aromatic N) is 2. The number of carbonyl (C=O) groups excluding carboxylic acids is 1. The number of anilines is 2. The lowest BCUT2D eigenvalue weighted by molar-refractivity contribution is 0.0995. The van der Waals surface area contributed by atoms with Crippen LogP contribution in [0, 0.1) is 12.7 Å². The highest BCUT2D eigenvalue weighted by atomic mass is 32.2. The molecule has 3 rings (SSSR count). The first-order valence-corrected chi connectivity index (χ1v) is 9.40. The van der Waals surface area contributed by atoms with Crippen LogP contribution in [0.4, 0.5) is 15.8 Å². The molecule has 26 heavy (non-hydrogen) atoms. The minimum atomic E-state index is -3.50.